The van der Waals surface area contributed by atoms with Crippen molar-refractivity contribution < 1.29 is 9.15 Å². The summed E-state index contributed by atoms with van der Waals surface area (Å²) < 4.78 is 10.8. The lowest BCUT2D eigenvalue weighted by Gasteiger charge is -2.26. The number of aryl methyl sites for hydroxylation is 1. The summed E-state index contributed by atoms with van der Waals surface area (Å²) in [5.41, 5.74) is 6.79. The van der Waals surface area contributed by atoms with Crippen molar-refractivity contribution in [1.29, 1.82) is 0 Å². The van der Waals surface area contributed by atoms with Crippen LogP contribution in [0, 0.1) is 6.92 Å². The van der Waals surface area contributed by atoms with Crippen molar-refractivity contribution in [2.75, 3.05) is 26.3 Å². The second kappa shape index (κ2) is 4.79. The van der Waals surface area contributed by atoms with Crippen LogP contribution in [-0.2, 0) is 17.8 Å². The molecule has 0 atom stereocenters. The second-order valence-corrected chi connectivity index (χ2v) is 3.89. The van der Waals surface area contributed by atoms with Gasteiger partial charge in [-0.1, -0.05) is 0 Å². The Balaban J connectivity index is 1.99. The van der Waals surface area contributed by atoms with E-state index in [0.717, 1.165) is 44.4 Å². The minimum absolute atomic E-state index is 0.476. The van der Waals surface area contributed by atoms with Crippen molar-refractivity contribution in [1.82, 2.24) is 4.90 Å². The smallest absolute Gasteiger partial charge is 0.118 e. The Bertz CT molecular complexity index is 316. The van der Waals surface area contributed by atoms with Gasteiger partial charge in [0.15, 0.2) is 0 Å². The minimum Gasteiger partial charge on any atom is -0.465 e. The molecule has 0 bridgehead atoms. The van der Waals surface area contributed by atoms with E-state index < -0.39 is 0 Å². The first-order valence-electron chi connectivity index (χ1n) is 5.38. The van der Waals surface area contributed by atoms with Gasteiger partial charge in [0.2, 0.25) is 0 Å². The van der Waals surface area contributed by atoms with Gasteiger partial charge in [-0.05, 0) is 13.0 Å². The standard InChI is InChI=1S/C11H18N2O2/c1-9-10(6-11(7-12)15-9)8-13-2-4-14-5-3-13/h6H,2-5,7-8,12H2,1H3. The number of furan rings is 1. The molecule has 1 aromatic rings. The molecule has 2 heterocycles. The van der Waals surface area contributed by atoms with E-state index in [4.69, 9.17) is 14.9 Å². The molecular weight excluding hydrogens is 192 g/mol. The first-order valence-corrected chi connectivity index (χ1v) is 5.38. The van der Waals surface area contributed by atoms with Crippen molar-refractivity contribution in [3.63, 3.8) is 0 Å². The molecule has 1 fully saturated rings. The van der Waals surface area contributed by atoms with E-state index in [1.807, 2.05) is 6.92 Å². The summed E-state index contributed by atoms with van der Waals surface area (Å²) in [6, 6.07) is 2.06. The zero-order chi connectivity index (χ0) is 10.7. The van der Waals surface area contributed by atoms with Gasteiger partial charge < -0.3 is 14.9 Å². The summed E-state index contributed by atoms with van der Waals surface area (Å²) in [5.74, 6) is 1.86. The summed E-state index contributed by atoms with van der Waals surface area (Å²) in [5, 5.41) is 0. The van der Waals surface area contributed by atoms with Crippen LogP contribution in [0.3, 0.4) is 0 Å². The summed E-state index contributed by atoms with van der Waals surface area (Å²) in [6.07, 6.45) is 0. The van der Waals surface area contributed by atoms with E-state index >= 15 is 0 Å². The maximum absolute atomic E-state index is 5.54. The van der Waals surface area contributed by atoms with Gasteiger partial charge in [0.05, 0.1) is 19.8 Å². The van der Waals surface area contributed by atoms with E-state index in [-0.39, 0.29) is 0 Å². The van der Waals surface area contributed by atoms with E-state index in [9.17, 15) is 0 Å². The van der Waals surface area contributed by atoms with Crippen molar-refractivity contribution >= 4 is 0 Å². The molecule has 0 spiro atoms. The molecule has 2 N–H and O–H groups in total. The quantitative estimate of drug-likeness (QED) is 0.804. The fourth-order valence-corrected chi connectivity index (χ4v) is 1.85. The van der Waals surface area contributed by atoms with Crippen LogP contribution in [0.15, 0.2) is 10.5 Å². The highest BCUT2D eigenvalue weighted by Crippen LogP contribution is 2.16. The Morgan fingerprint density at radius 2 is 2.13 bits per heavy atom. The number of hydrogen-bond donors (Lipinski definition) is 1. The molecule has 0 unspecified atom stereocenters. The van der Waals surface area contributed by atoms with Gasteiger partial charge in [-0.3, -0.25) is 4.90 Å². The molecule has 84 valence electrons. The Morgan fingerprint density at radius 1 is 1.40 bits per heavy atom. The van der Waals surface area contributed by atoms with Crippen molar-refractivity contribution in [2.24, 2.45) is 5.73 Å². The third kappa shape index (κ3) is 2.59. The summed E-state index contributed by atoms with van der Waals surface area (Å²) >= 11 is 0. The normalized spacial score (nSPS) is 18.3. The molecule has 2 rings (SSSR count). The van der Waals surface area contributed by atoms with E-state index in [1.54, 1.807) is 0 Å². The van der Waals surface area contributed by atoms with Gasteiger partial charge in [0.1, 0.15) is 11.5 Å². The predicted molar refractivity (Wildman–Crippen MR) is 57.4 cm³/mol. The molecule has 1 saturated heterocycles. The molecule has 15 heavy (non-hydrogen) atoms. The number of hydrogen-bond acceptors (Lipinski definition) is 4. The van der Waals surface area contributed by atoms with Crippen LogP contribution in [0.2, 0.25) is 0 Å². The first-order chi connectivity index (χ1) is 7.29. The highest BCUT2D eigenvalue weighted by molar-refractivity contribution is 5.20. The number of nitrogens with two attached hydrogens (primary N) is 1. The Morgan fingerprint density at radius 3 is 2.73 bits per heavy atom. The maximum atomic E-state index is 5.54. The lowest BCUT2D eigenvalue weighted by Crippen LogP contribution is -2.35. The van der Waals surface area contributed by atoms with E-state index in [0.29, 0.717) is 6.54 Å². The van der Waals surface area contributed by atoms with Gasteiger partial charge in [-0.15, -0.1) is 0 Å². The Hall–Kier alpha value is -0.840. The van der Waals surface area contributed by atoms with Crippen molar-refractivity contribution in [3.8, 4) is 0 Å². The molecule has 0 radical (unpaired) electrons. The highest BCUT2D eigenvalue weighted by atomic mass is 16.5. The topological polar surface area (TPSA) is 51.6 Å². The molecule has 4 nitrogen and oxygen atoms in total. The molecule has 0 aliphatic carbocycles. The van der Waals surface area contributed by atoms with Crippen LogP contribution >= 0.6 is 0 Å². The van der Waals surface area contributed by atoms with Crippen LogP contribution in [0.4, 0.5) is 0 Å². The van der Waals surface area contributed by atoms with Gasteiger partial charge in [0, 0.05) is 25.2 Å². The zero-order valence-corrected chi connectivity index (χ0v) is 9.16. The number of rotatable bonds is 3. The zero-order valence-electron chi connectivity index (χ0n) is 9.16. The van der Waals surface area contributed by atoms with Crippen LogP contribution in [-0.4, -0.2) is 31.2 Å². The third-order valence-corrected chi connectivity index (χ3v) is 2.77. The van der Waals surface area contributed by atoms with Gasteiger partial charge in [-0.2, -0.15) is 0 Å². The van der Waals surface area contributed by atoms with Gasteiger partial charge in [-0.25, -0.2) is 0 Å². The monoisotopic (exact) mass is 210 g/mol. The van der Waals surface area contributed by atoms with Crippen molar-refractivity contribution in [2.45, 2.75) is 20.0 Å². The second-order valence-electron chi connectivity index (χ2n) is 3.89. The molecule has 1 aliphatic heterocycles. The van der Waals surface area contributed by atoms with Crippen LogP contribution < -0.4 is 5.73 Å². The Labute approximate surface area is 90.0 Å². The van der Waals surface area contributed by atoms with Crippen molar-refractivity contribution in [3.05, 3.63) is 23.2 Å². The van der Waals surface area contributed by atoms with E-state index in [1.165, 1.54) is 5.56 Å². The summed E-state index contributed by atoms with van der Waals surface area (Å²) in [6.45, 7) is 7.09. The number of morpholine rings is 1. The SMILES string of the molecule is Cc1oc(CN)cc1CN1CCOCC1. The number of ether oxygens (including phenoxy) is 1. The Kier molecular flexibility index (Phi) is 3.41. The molecule has 1 aliphatic rings. The summed E-state index contributed by atoms with van der Waals surface area (Å²) in [7, 11) is 0. The van der Waals surface area contributed by atoms with Gasteiger partial charge in [0.25, 0.3) is 0 Å². The number of nitrogens with zero attached hydrogens (tertiary/aromatic N) is 1. The van der Waals surface area contributed by atoms with E-state index in [2.05, 4.69) is 11.0 Å². The van der Waals surface area contributed by atoms with Crippen LogP contribution in [0.5, 0.6) is 0 Å². The van der Waals surface area contributed by atoms with Gasteiger partial charge >= 0.3 is 0 Å². The highest BCUT2D eigenvalue weighted by Gasteiger charge is 2.14. The first kappa shape index (κ1) is 10.7. The lowest BCUT2D eigenvalue weighted by atomic mass is 10.2. The molecule has 4 heteroatoms. The molecule has 0 saturated carbocycles. The largest absolute Gasteiger partial charge is 0.465 e. The molecule has 0 aromatic carbocycles. The maximum Gasteiger partial charge on any atom is 0.118 e. The third-order valence-electron chi connectivity index (χ3n) is 2.77. The average molecular weight is 210 g/mol. The average Bonchev–Trinajstić information content (AvgIpc) is 2.61. The minimum atomic E-state index is 0.476. The molecular formula is C11H18N2O2. The van der Waals surface area contributed by atoms with Crippen LogP contribution in [0.1, 0.15) is 17.1 Å². The lowest BCUT2D eigenvalue weighted by molar-refractivity contribution is 0.0340. The predicted octanol–water partition coefficient (Wildman–Crippen LogP) is 0.879. The molecule has 1 aromatic heterocycles. The van der Waals surface area contributed by atoms with Crippen LogP contribution in [0.25, 0.3) is 0 Å². The fraction of sp³-hybridized carbons (Fsp3) is 0.636. The fourth-order valence-electron chi connectivity index (χ4n) is 1.85. The molecule has 0 amide bonds. The summed E-state index contributed by atoms with van der Waals surface area (Å²) in [4.78, 5) is 2.38.